The molecule has 5 heteroatoms. The van der Waals surface area contributed by atoms with Crippen molar-refractivity contribution in [2.75, 3.05) is 6.54 Å². The minimum Gasteiger partial charge on any atom is -0.480 e. The molecule has 5 nitrogen and oxygen atoms in total. The molecule has 0 radical (unpaired) electrons. The molecule has 2 N–H and O–H groups in total. The van der Waals surface area contributed by atoms with Crippen molar-refractivity contribution in [2.45, 2.75) is 0 Å². The molecule has 0 spiro atoms. The molecule has 0 saturated heterocycles. The van der Waals surface area contributed by atoms with Crippen molar-refractivity contribution in [3.8, 4) is 0 Å². The van der Waals surface area contributed by atoms with Gasteiger partial charge in [0, 0.05) is 5.39 Å². The third-order valence-corrected chi connectivity index (χ3v) is 2.23. The van der Waals surface area contributed by atoms with Crippen molar-refractivity contribution in [3.63, 3.8) is 0 Å². The number of aromatic nitrogens is 1. The Hall–Kier alpha value is -2.43. The summed E-state index contributed by atoms with van der Waals surface area (Å²) in [5.74, 6) is -1.57. The molecule has 1 aromatic carbocycles. The average molecular weight is 230 g/mol. The summed E-state index contributed by atoms with van der Waals surface area (Å²) in [4.78, 5) is 26.0. The summed E-state index contributed by atoms with van der Waals surface area (Å²) in [5.41, 5.74) is 0.917. The first kappa shape index (κ1) is 11.1. The van der Waals surface area contributed by atoms with Crippen LogP contribution in [-0.2, 0) is 4.79 Å². The van der Waals surface area contributed by atoms with Gasteiger partial charge in [-0.05, 0) is 12.1 Å². The van der Waals surface area contributed by atoms with Crippen LogP contribution in [0.3, 0.4) is 0 Å². The van der Waals surface area contributed by atoms with E-state index in [9.17, 15) is 9.59 Å². The molecule has 0 atom stereocenters. The summed E-state index contributed by atoms with van der Waals surface area (Å²) >= 11 is 0. The summed E-state index contributed by atoms with van der Waals surface area (Å²) in [5, 5.41) is 11.6. The molecule has 0 unspecified atom stereocenters. The highest BCUT2D eigenvalue weighted by Crippen LogP contribution is 2.11. The van der Waals surface area contributed by atoms with Crippen LogP contribution in [0.4, 0.5) is 0 Å². The number of carbonyl (C=O) groups is 2. The summed E-state index contributed by atoms with van der Waals surface area (Å²) in [6.45, 7) is -0.409. The second-order valence-electron chi connectivity index (χ2n) is 3.47. The topological polar surface area (TPSA) is 79.3 Å². The zero-order valence-electron chi connectivity index (χ0n) is 8.88. The third-order valence-electron chi connectivity index (χ3n) is 2.23. The zero-order valence-corrected chi connectivity index (χ0v) is 8.88. The maximum Gasteiger partial charge on any atom is 0.322 e. The van der Waals surface area contributed by atoms with Gasteiger partial charge in [0.05, 0.1) is 5.52 Å². The molecule has 0 fully saturated rings. The maximum atomic E-state index is 11.6. The van der Waals surface area contributed by atoms with E-state index >= 15 is 0 Å². The molecule has 17 heavy (non-hydrogen) atoms. The third kappa shape index (κ3) is 2.57. The van der Waals surface area contributed by atoms with Crippen molar-refractivity contribution < 1.29 is 14.7 Å². The lowest BCUT2D eigenvalue weighted by Crippen LogP contribution is -2.29. The Kier molecular flexibility index (Phi) is 3.00. The highest BCUT2D eigenvalue weighted by molar-refractivity contribution is 5.96. The first-order valence-corrected chi connectivity index (χ1v) is 5.02. The van der Waals surface area contributed by atoms with Gasteiger partial charge in [-0.2, -0.15) is 0 Å². The molecule has 0 saturated carbocycles. The molecule has 1 heterocycles. The lowest BCUT2D eigenvalue weighted by Gasteiger charge is -2.03. The fourth-order valence-corrected chi connectivity index (χ4v) is 1.44. The van der Waals surface area contributed by atoms with Gasteiger partial charge < -0.3 is 10.4 Å². The summed E-state index contributed by atoms with van der Waals surface area (Å²) in [7, 11) is 0. The fraction of sp³-hybridized carbons (Fsp3) is 0.0833. The molecular weight excluding hydrogens is 220 g/mol. The Labute approximate surface area is 97.1 Å². The molecule has 0 aliphatic heterocycles. The Balaban J connectivity index is 2.24. The van der Waals surface area contributed by atoms with Crippen LogP contribution < -0.4 is 5.32 Å². The van der Waals surface area contributed by atoms with Gasteiger partial charge in [-0.25, -0.2) is 4.98 Å². The number of para-hydroxylation sites is 1. The second kappa shape index (κ2) is 4.61. The number of fused-ring (bicyclic) bond motifs is 1. The van der Waals surface area contributed by atoms with Crippen LogP contribution in [0.25, 0.3) is 10.9 Å². The van der Waals surface area contributed by atoms with E-state index in [0.29, 0.717) is 5.52 Å². The number of carbonyl (C=O) groups excluding carboxylic acids is 1. The first-order valence-electron chi connectivity index (χ1n) is 5.02. The van der Waals surface area contributed by atoms with E-state index < -0.39 is 18.4 Å². The van der Waals surface area contributed by atoms with E-state index in [2.05, 4.69) is 10.3 Å². The van der Waals surface area contributed by atoms with Crippen LogP contribution in [0.1, 0.15) is 10.5 Å². The second-order valence-corrected chi connectivity index (χ2v) is 3.47. The maximum absolute atomic E-state index is 11.6. The lowest BCUT2D eigenvalue weighted by molar-refractivity contribution is -0.135. The van der Waals surface area contributed by atoms with Crippen LogP contribution >= 0.6 is 0 Å². The van der Waals surface area contributed by atoms with Gasteiger partial charge >= 0.3 is 5.97 Å². The number of nitrogens with zero attached hydrogens (tertiary/aromatic N) is 1. The molecular formula is C12H10N2O3. The van der Waals surface area contributed by atoms with Crippen LogP contribution in [0.2, 0.25) is 0 Å². The van der Waals surface area contributed by atoms with Gasteiger partial charge in [0.1, 0.15) is 12.2 Å². The Morgan fingerprint density at radius 3 is 2.71 bits per heavy atom. The van der Waals surface area contributed by atoms with Gasteiger partial charge in [-0.15, -0.1) is 0 Å². The number of hydrogen-bond donors (Lipinski definition) is 2. The van der Waals surface area contributed by atoms with Crippen molar-refractivity contribution in [1.29, 1.82) is 0 Å². The number of aliphatic carboxylic acids is 1. The summed E-state index contributed by atoms with van der Waals surface area (Å²) in [6, 6.07) is 10.7. The van der Waals surface area contributed by atoms with Crippen LogP contribution in [0, 0.1) is 0 Å². The van der Waals surface area contributed by atoms with Gasteiger partial charge in [-0.1, -0.05) is 24.3 Å². The largest absolute Gasteiger partial charge is 0.480 e. The SMILES string of the molecule is O=C(O)CNC(=O)c1ccc2ccccc2n1. The number of amides is 1. The lowest BCUT2D eigenvalue weighted by atomic mass is 10.2. The monoisotopic (exact) mass is 230 g/mol. The first-order chi connectivity index (χ1) is 8.16. The Bertz CT molecular complexity index is 581. The molecule has 2 rings (SSSR count). The van der Waals surface area contributed by atoms with E-state index in [0.717, 1.165) is 5.39 Å². The standard InChI is InChI=1S/C12H10N2O3/c15-11(16)7-13-12(17)10-6-5-8-3-1-2-4-9(8)14-10/h1-6H,7H2,(H,13,17)(H,15,16). The Morgan fingerprint density at radius 2 is 1.94 bits per heavy atom. The Morgan fingerprint density at radius 1 is 1.18 bits per heavy atom. The fourth-order valence-electron chi connectivity index (χ4n) is 1.44. The quantitative estimate of drug-likeness (QED) is 0.826. The van der Waals surface area contributed by atoms with Crippen molar-refractivity contribution >= 4 is 22.8 Å². The molecule has 1 amide bonds. The zero-order chi connectivity index (χ0) is 12.3. The van der Waals surface area contributed by atoms with Gasteiger partial charge in [0.2, 0.25) is 0 Å². The van der Waals surface area contributed by atoms with Gasteiger partial charge in [0.25, 0.3) is 5.91 Å². The number of pyridine rings is 1. The molecule has 0 bridgehead atoms. The number of nitrogens with one attached hydrogen (secondary N) is 1. The van der Waals surface area contributed by atoms with E-state index in [4.69, 9.17) is 5.11 Å². The van der Waals surface area contributed by atoms with E-state index in [1.165, 1.54) is 0 Å². The molecule has 86 valence electrons. The minimum atomic E-state index is -1.08. The van der Waals surface area contributed by atoms with Crippen molar-refractivity contribution in [3.05, 3.63) is 42.1 Å². The molecule has 1 aromatic heterocycles. The van der Waals surface area contributed by atoms with Crippen molar-refractivity contribution in [2.24, 2.45) is 0 Å². The van der Waals surface area contributed by atoms with Crippen LogP contribution in [0.15, 0.2) is 36.4 Å². The molecule has 0 aliphatic rings. The highest BCUT2D eigenvalue weighted by atomic mass is 16.4. The van der Waals surface area contributed by atoms with Gasteiger partial charge in [-0.3, -0.25) is 9.59 Å². The van der Waals surface area contributed by atoms with E-state index in [1.807, 2.05) is 18.2 Å². The minimum absolute atomic E-state index is 0.213. The number of rotatable bonds is 3. The van der Waals surface area contributed by atoms with Crippen molar-refractivity contribution in [1.82, 2.24) is 10.3 Å². The molecule has 2 aromatic rings. The number of carboxylic acid groups (broad SMARTS) is 1. The predicted octanol–water partition coefficient (Wildman–Crippen LogP) is 1.05. The summed E-state index contributed by atoms with van der Waals surface area (Å²) in [6.07, 6.45) is 0. The highest BCUT2D eigenvalue weighted by Gasteiger charge is 2.08. The average Bonchev–Trinajstić information content (AvgIpc) is 2.35. The number of hydrogen-bond acceptors (Lipinski definition) is 3. The van der Waals surface area contributed by atoms with E-state index in [1.54, 1.807) is 18.2 Å². The van der Waals surface area contributed by atoms with E-state index in [-0.39, 0.29) is 5.69 Å². The van der Waals surface area contributed by atoms with Crippen LogP contribution in [0.5, 0.6) is 0 Å². The number of benzene rings is 1. The number of carboxylic acids is 1. The normalized spacial score (nSPS) is 10.1. The molecule has 0 aliphatic carbocycles. The smallest absolute Gasteiger partial charge is 0.322 e. The predicted molar refractivity (Wildman–Crippen MR) is 61.7 cm³/mol. The van der Waals surface area contributed by atoms with Gasteiger partial charge in [0.15, 0.2) is 0 Å². The van der Waals surface area contributed by atoms with Crippen LogP contribution in [-0.4, -0.2) is 28.5 Å². The summed E-state index contributed by atoms with van der Waals surface area (Å²) < 4.78 is 0.